The minimum Gasteiger partial charge on any atom is -0.355 e. The predicted molar refractivity (Wildman–Crippen MR) is 58.1 cm³/mol. The lowest BCUT2D eigenvalue weighted by atomic mass is 9.91. The second-order valence-electron chi connectivity index (χ2n) is 4.69. The van der Waals surface area contributed by atoms with Crippen molar-refractivity contribution in [1.82, 2.24) is 10.2 Å². The monoisotopic (exact) mass is 209 g/mol. The Morgan fingerprint density at radius 3 is 2.93 bits per heavy atom. The van der Waals surface area contributed by atoms with E-state index in [2.05, 4.69) is 16.3 Å². The van der Waals surface area contributed by atoms with Crippen LogP contribution in [0.2, 0.25) is 0 Å². The Hall–Kier alpha value is -1.08. The van der Waals surface area contributed by atoms with Crippen molar-refractivity contribution in [3.05, 3.63) is 0 Å². The average Bonchev–Trinajstić information content (AvgIpc) is 2.40. The van der Waals surface area contributed by atoms with Gasteiger partial charge < -0.3 is 10.2 Å². The smallest absolute Gasteiger partial charge is 0.221 e. The van der Waals surface area contributed by atoms with Crippen LogP contribution >= 0.6 is 0 Å². The summed E-state index contributed by atoms with van der Waals surface area (Å²) in [4.78, 5) is 13.3. The van der Waals surface area contributed by atoms with Crippen molar-refractivity contribution in [3.63, 3.8) is 0 Å². The highest BCUT2D eigenvalue weighted by Gasteiger charge is 2.19. The average molecular weight is 209 g/mol. The van der Waals surface area contributed by atoms with Crippen LogP contribution in [0.25, 0.3) is 0 Å². The molecule has 1 amide bonds. The van der Waals surface area contributed by atoms with E-state index < -0.39 is 0 Å². The Labute approximate surface area is 91.2 Å². The topological polar surface area (TPSA) is 56.1 Å². The molecule has 1 saturated heterocycles. The molecule has 0 atom stereocenters. The maximum atomic E-state index is 11.1. The molecule has 1 heterocycles. The number of rotatable bonds is 3. The molecule has 1 N–H and O–H groups in total. The molecule has 0 unspecified atom stereocenters. The number of nitriles is 1. The SMILES string of the molecule is CC(C)(C#N)CCN1CCNC(=O)CC1. The van der Waals surface area contributed by atoms with E-state index in [-0.39, 0.29) is 11.3 Å². The summed E-state index contributed by atoms with van der Waals surface area (Å²) >= 11 is 0. The van der Waals surface area contributed by atoms with Crippen molar-refractivity contribution in [2.45, 2.75) is 26.7 Å². The fourth-order valence-electron chi connectivity index (χ4n) is 1.53. The van der Waals surface area contributed by atoms with E-state index >= 15 is 0 Å². The Morgan fingerprint density at radius 2 is 2.27 bits per heavy atom. The van der Waals surface area contributed by atoms with Gasteiger partial charge in [-0.05, 0) is 26.8 Å². The number of hydrogen-bond acceptors (Lipinski definition) is 3. The maximum Gasteiger partial charge on any atom is 0.221 e. The number of nitrogens with zero attached hydrogens (tertiary/aromatic N) is 2. The summed E-state index contributed by atoms with van der Waals surface area (Å²) < 4.78 is 0. The van der Waals surface area contributed by atoms with Gasteiger partial charge in [0.05, 0.1) is 11.5 Å². The molecule has 0 radical (unpaired) electrons. The van der Waals surface area contributed by atoms with Crippen LogP contribution in [-0.4, -0.2) is 37.0 Å². The molecule has 1 fully saturated rings. The van der Waals surface area contributed by atoms with Gasteiger partial charge in [-0.1, -0.05) is 0 Å². The van der Waals surface area contributed by atoms with Gasteiger partial charge in [0.15, 0.2) is 0 Å². The minimum absolute atomic E-state index is 0.136. The molecular weight excluding hydrogens is 190 g/mol. The van der Waals surface area contributed by atoms with Gasteiger partial charge in [-0.15, -0.1) is 0 Å². The van der Waals surface area contributed by atoms with Crippen LogP contribution in [0.4, 0.5) is 0 Å². The summed E-state index contributed by atoms with van der Waals surface area (Å²) in [5.41, 5.74) is -0.260. The zero-order chi connectivity index (χ0) is 11.3. The van der Waals surface area contributed by atoms with Crippen molar-refractivity contribution < 1.29 is 4.79 Å². The third-order valence-corrected chi connectivity index (χ3v) is 2.76. The van der Waals surface area contributed by atoms with E-state index in [0.29, 0.717) is 6.42 Å². The standard InChI is InChI=1S/C11H19N3O/c1-11(2,9-12)4-7-14-6-3-10(15)13-5-8-14/h3-8H2,1-2H3,(H,13,15). The van der Waals surface area contributed by atoms with Crippen LogP contribution in [0.15, 0.2) is 0 Å². The molecule has 4 nitrogen and oxygen atoms in total. The third-order valence-electron chi connectivity index (χ3n) is 2.76. The Balaban J connectivity index is 2.33. The zero-order valence-electron chi connectivity index (χ0n) is 9.55. The maximum absolute atomic E-state index is 11.1. The van der Waals surface area contributed by atoms with Gasteiger partial charge in [0, 0.05) is 26.1 Å². The molecule has 0 aromatic heterocycles. The van der Waals surface area contributed by atoms with Gasteiger partial charge in [-0.2, -0.15) is 5.26 Å². The molecule has 0 spiro atoms. The van der Waals surface area contributed by atoms with Gasteiger partial charge in [-0.25, -0.2) is 0 Å². The van der Waals surface area contributed by atoms with E-state index in [0.717, 1.165) is 32.6 Å². The lowest BCUT2D eigenvalue weighted by Gasteiger charge is -2.23. The van der Waals surface area contributed by atoms with E-state index in [1.165, 1.54) is 0 Å². The molecule has 15 heavy (non-hydrogen) atoms. The minimum atomic E-state index is -0.260. The second-order valence-corrected chi connectivity index (χ2v) is 4.69. The molecule has 0 bridgehead atoms. The van der Waals surface area contributed by atoms with Crippen molar-refractivity contribution in [1.29, 1.82) is 5.26 Å². The van der Waals surface area contributed by atoms with Crippen LogP contribution in [0, 0.1) is 16.7 Å². The lowest BCUT2D eigenvalue weighted by molar-refractivity contribution is -0.120. The van der Waals surface area contributed by atoms with Crippen molar-refractivity contribution in [3.8, 4) is 6.07 Å². The lowest BCUT2D eigenvalue weighted by Crippen LogP contribution is -2.31. The molecular formula is C11H19N3O. The van der Waals surface area contributed by atoms with Crippen LogP contribution < -0.4 is 5.32 Å². The summed E-state index contributed by atoms with van der Waals surface area (Å²) in [6.45, 7) is 7.24. The van der Waals surface area contributed by atoms with E-state index in [1.807, 2.05) is 13.8 Å². The molecule has 1 aliphatic rings. The van der Waals surface area contributed by atoms with Crippen molar-refractivity contribution in [2.24, 2.45) is 5.41 Å². The normalized spacial score (nSPS) is 19.1. The number of amides is 1. The molecule has 0 aliphatic carbocycles. The number of carbonyl (C=O) groups excluding carboxylic acids is 1. The van der Waals surface area contributed by atoms with Crippen LogP contribution in [-0.2, 0) is 4.79 Å². The Kier molecular flexibility index (Phi) is 4.10. The van der Waals surface area contributed by atoms with E-state index in [1.54, 1.807) is 0 Å². The van der Waals surface area contributed by atoms with Gasteiger partial charge in [0.1, 0.15) is 0 Å². The summed E-state index contributed by atoms with van der Waals surface area (Å²) in [6.07, 6.45) is 1.44. The number of carbonyl (C=O) groups is 1. The molecule has 1 rings (SSSR count). The highest BCUT2D eigenvalue weighted by atomic mass is 16.1. The number of nitrogens with one attached hydrogen (secondary N) is 1. The first kappa shape index (κ1) is 12.0. The first-order chi connectivity index (χ1) is 7.03. The fraction of sp³-hybridized carbons (Fsp3) is 0.818. The quantitative estimate of drug-likeness (QED) is 0.746. The van der Waals surface area contributed by atoms with Crippen LogP contribution in [0.3, 0.4) is 0 Å². The molecule has 4 heteroatoms. The number of hydrogen-bond donors (Lipinski definition) is 1. The largest absolute Gasteiger partial charge is 0.355 e. The second kappa shape index (κ2) is 5.13. The van der Waals surface area contributed by atoms with Crippen molar-refractivity contribution in [2.75, 3.05) is 26.2 Å². The van der Waals surface area contributed by atoms with Crippen molar-refractivity contribution >= 4 is 5.91 Å². The summed E-state index contributed by atoms with van der Waals surface area (Å²) in [5, 5.41) is 11.7. The molecule has 0 saturated carbocycles. The van der Waals surface area contributed by atoms with Gasteiger partial charge in [0.2, 0.25) is 5.91 Å². The first-order valence-electron chi connectivity index (χ1n) is 5.44. The van der Waals surface area contributed by atoms with Crippen LogP contribution in [0.1, 0.15) is 26.7 Å². The Morgan fingerprint density at radius 1 is 1.53 bits per heavy atom. The highest BCUT2D eigenvalue weighted by molar-refractivity contribution is 5.76. The molecule has 1 aliphatic heterocycles. The molecule has 0 aromatic rings. The predicted octanol–water partition coefficient (Wildman–Crippen LogP) is 0.748. The molecule has 84 valence electrons. The fourth-order valence-corrected chi connectivity index (χ4v) is 1.53. The van der Waals surface area contributed by atoms with E-state index in [4.69, 9.17) is 5.26 Å². The Bertz CT molecular complexity index is 267. The first-order valence-corrected chi connectivity index (χ1v) is 5.44. The van der Waals surface area contributed by atoms with Gasteiger partial charge in [-0.3, -0.25) is 4.79 Å². The summed E-state index contributed by atoms with van der Waals surface area (Å²) in [6, 6.07) is 2.30. The van der Waals surface area contributed by atoms with E-state index in [9.17, 15) is 4.79 Å². The van der Waals surface area contributed by atoms with Crippen LogP contribution in [0.5, 0.6) is 0 Å². The highest BCUT2D eigenvalue weighted by Crippen LogP contribution is 2.19. The summed E-state index contributed by atoms with van der Waals surface area (Å²) in [5.74, 6) is 0.136. The molecule has 0 aromatic carbocycles. The van der Waals surface area contributed by atoms with Gasteiger partial charge in [0.25, 0.3) is 0 Å². The third kappa shape index (κ3) is 4.30. The van der Waals surface area contributed by atoms with Gasteiger partial charge >= 0.3 is 0 Å². The zero-order valence-corrected chi connectivity index (χ0v) is 9.55. The summed E-state index contributed by atoms with van der Waals surface area (Å²) in [7, 11) is 0.